The van der Waals surface area contributed by atoms with Crippen LogP contribution in [-0.2, 0) is 0 Å². The zero-order chi connectivity index (χ0) is 23.9. The zero-order valence-corrected chi connectivity index (χ0v) is 23.7. The molecule has 0 N–H and O–H groups in total. The summed E-state index contributed by atoms with van der Waals surface area (Å²) in [6.45, 7) is 4.61. The Bertz CT molecular complexity index is 342. The van der Waals surface area contributed by atoms with E-state index in [-0.39, 0.29) is 0 Å². The van der Waals surface area contributed by atoms with Crippen LogP contribution >= 0.6 is 0 Å². The van der Waals surface area contributed by atoms with Crippen molar-refractivity contribution in [1.29, 1.82) is 0 Å². The van der Waals surface area contributed by atoms with Crippen LogP contribution in [-0.4, -0.2) is 0 Å². The predicted molar refractivity (Wildman–Crippen MR) is 154 cm³/mol. The van der Waals surface area contributed by atoms with Crippen LogP contribution in [0.1, 0.15) is 200 Å². The third kappa shape index (κ3) is 31.7. The summed E-state index contributed by atoms with van der Waals surface area (Å²) in [7, 11) is 0. The monoisotopic (exact) mass is 463 g/mol. The molecule has 0 aromatic heterocycles. The van der Waals surface area contributed by atoms with Gasteiger partial charge in [0.15, 0.2) is 0 Å². The van der Waals surface area contributed by atoms with Crippen LogP contribution < -0.4 is 0 Å². The van der Waals surface area contributed by atoms with Gasteiger partial charge in [-0.05, 0) is 25.7 Å². The van der Waals surface area contributed by atoms with Gasteiger partial charge in [0.05, 0.1) is 0 Å². The first-order valence-corrected chi connectivity index (χ1v) is 16.1. The Kier molecular flexibility index (Phi) is 31.5. The summed E-state index contributed by atoms with van der Waals surface area (Å²) in [6.07, 6.45) is 46.9. The average molecular weight is 463 g/mol. The van der Waals surface area contributed by atoms with E-state index in [1.165, 1.54) is 186 Å². The molecular formula is C33H66. The van der Waals surface area contributed by atoms with E-state index >= 15 is 0 Å². The third-order valence-electron chi connectivity index (χ3n) is 7.37. The standard InChI is InChI=1S/C33H66/c1-3-5-7-9-11-13-15-17-19-21-23-25-27-29-31-33-32-30-28-26-24-22-20-18-16-14-12-10-8-6-4-2/h23,25H,3-22,24,26-33H2,1-2H3/b25-23+. The molecule has 0 rings (SSSR count). The lowest BCUT2D eigenvalue weighted by atomic mass is 10.0. The van der Waals surface area contributed by atoms with Gasteiger partial charge in [-0.15, -0.1) is 0 Å². The zero-order valence-electron chi connectivity index (χ0n) is 23.7. The van der Waals surface area contributed by atoms with Gasteiger partial charge in [0.1, 0.15) is 0 Å². The molecule has 0 aliphatic carbocycles. The molecule has 0 atom stereocenters. The lowest BCUT2D eigenvalue weighted by molar-refractivity contribution is 0.525. The van der Waals surface area contributed by atoms with Crippen molar-refractivity contribution in [3.8, 4) is 0 Å². The van der Waals surface area contributed by atoms with Crippen LogP contribution in [0.25, 0.3) is 0 Å². The topological polar surface area (TPSA) is 0 Å². The fourth-order valence-electron chi connectivity index (χ4n) is 4.97. The average Bonchev–Trinajstić information content (AvgIpc) is 2.83. The van der Waals surface area contributed by atoms with Crippen molar-refractivity contribution >= 4 is 0 Å². The highest BCUT2D eigenvalue weighted by Crippen LogP contribution is 2.15. The Morgan fingerprint density at radius 3 is 0.636 bits per heavy atom. The lowest BCUT2D eigenvalue weighted by Gasteiger charge is -2.03. The van der Waals surface area contributed by atoms with Crippen molar-refractivity contribution < 1.29 is 0 Å². The van der Waals surface area contributed by atoms with Crippen LogP contribution in [0.5, 0.6) is 0 Å². The summed E-state index contributed by atoms with van der Waals surface area (Å²) in [5.74, 6) is 0. The first-order chi connectivity index (χ1) is 16.4. The fourth-order valence-corrected chi connectivity index (χ4v) is 4.97. The number of hydrogen-bond acceptors (Lipinski definition) is 0. The van der Waals surface area contributed by atoms with E-state index in [1.54, 1.807) is 0 Å². The van der Waals surface area contributed by atoms with Crippen LogP contribution in [0.15, 0.2) is 12.2 Å². The van der Waals surface area contributed by atoms with Gasteiger partial charge in [0, 0.05) is 0 Å². The minimum absolute atomic E-state index is 1.31. The van der Waals surface area contributed by atoms with Crippen molar-refractivity contribution in [1.82, 2.24) is 0 Å². The van der Waals surface area contributed by atoms with Gasteiger partial charge in [-0.25, -0.2) is 0 Å². The van der Waals surface area contributed by atoms with Gasteiger partial charge in [-0.3, -0.25) is 0 Å². The second kappa shape index (κ2) is 31.7. The van der Waals surface area contributed by atoms with E-state index < -0.39 is 0 Å². The van der Waals surface area contributed by atoms with E-state index in [0.717, 1.165) is 0 Å². The first kappa shape index (κ1) is 32.7. The molecule has 198 valence electrons. The summed E-state index contributed by atoms with van der Waals surface area (Å²) in [6, 6.07) is 0. The van der Waals surface area contributed by atoms with E-state index in [4.69, 9.17) is 0 Å². The quantitative estimate of drug-likeness (QED) is 0.0765. The van der Waals surface area contributed by atoms with Crippen LogP contribution in [0.2, 0.25) is 0 Å². The highest BCUT2D eigenvalue weighted by atomic mass is 14.0. The van der Waals surface area contributed by atoms with Crippen LogP contribution in [0, 0.1) is 0 Å². The number of allylic oxidation sites excluding steroid dienone is 2. The van der Waals surface area contributed by atoms with Crippen LogP contribution in [0.4, 0.5) is 0 Å². The largest absolute Gasteiger partial charge is 0.0885 e. The summed E-state index contributed by atoms with van der Waals surface area (Å²) in [5.41, 5.74) is 0. The van der Waals surface area contributed by atoms with Crippen molar-refractivity contribution in [2.45, 2.75) is 200 Å². The Morgan fingerprint density at radius 2 is 0.424 bits per heavy atom. The highest BCUT2D eigenvalue weighted by Gasteiger charge is 1.95. The normalized spacial score (nSPS) is 11.7. The molecule has 0 amide bonds. The van der Waals surface area contributed by atoms with Crippen molar-refractivity contribution in [3.05, 3.63) is 12.2 Å². The third-order valence-corrected chi connectivity index (χ3v) is 7.37. The molecule has 0 heteroatoms. The molecule has 0 fully saturated rings. The number of hydrogen-bond donors (Lipinski definition) is 0. The minimum atomic E-state index is 1.31. The molecule has 0 heterocycles. The van der Waals surface area contributed by atoms with E-state index in [1.807, 2.05) is 0 Å². The lowest BCUT2D eigenvalue weighted by Crippen LogP contribution is -1.84. The molecule has 33 heavy (non-hydrogen) atoms. The van der Waals surface area contributed by atoms with Crippen molar-refractivity contribution in [2.24, 2.45) is 0 Å². The Hall–Kier alpha value is -0.260. The predicted octanol–water partition coefficient (Wildman–Crippen LogP) is 12.9. The molecular weight excluding hydrogens is 396 g/mol. The maximum atomic E-state index is 2.46. The number of rotatable bonds is 29. The van der Waals surface area contributed by atoms with E-state index in [9.17, 15) is 0 Å². The second-order valence-electron chi connectivity index (χ2n) is 10.9. The van der Waals surface area contributed by atoms with Gasteiger partial charge in [-0.1, -0.05) is 187 Å². The molecule has 0 spiro atoms. The van der Waals surface area contributed by atoms with Crippen molar-refractivity contribution in [3.63, 3.8) is 0 Å². The summed E-state index contributed by atoms with van der Waals surface area (Å²) in [4.78, 5) is 0. The maximum absolute atomic E-state index is 2.46. The molecule has 0 aromatic rings. The molecule has 0 bridgehead atoms. The molecule has 0 aromatic carbocycles. The van der Waals surface area contributed by atoms with Crippen LogP contribution in [0.3, 0.4) is 0 Å². The molecule has 0 aliphatic heterocycles. The molecule has 0 saturated carbocycles. The molecule has 0 aliphatic rings. The smallest absolute Gasteiger partial charge is 0.0351 e. The molecule has 0 unspecified atom stereocenters. The Morgan fingerprint density at radius 1 is 0.242 bits per heavy atom. The molecule has 0 nitrogen and oxygen atoms in total. The SMILES string of the molecule is CCCCCCCCCCC/C=C/CCCCCCCCCCCCCCCCCCCC. The van der Waals surface area contributed by atoms with Gasteiger partial charge in [-0.2, -0.15) is 0 Å². The summed E-state index contributed by atoms with van der Waals surface area (Å²) in [5, 5.41) is 0. The van der Waals surface area contributed by atoms with E-state index in [0.29, 0.717) is 0 Å². The molecule has 0 saturated heterocycles. The van der Waals surface area contributed by atoms with Crippen molar-refractivity contribution in [2.75, 3.05) is 0 Å². The second-order valence-corrected chi connectivity index (χ2v) is 10.9. The Balaban J connectivity index is 3.06. The number of unbranched alkanes of at least 4 members (excludes halogenated alkanes) is 27. The molecule has 0 radical (unpaired) electrons. The first-order valence-electron chi connectivity index (χ1n) is 16.1. The summed E-state index contributed by atoms with van der Waals surface area (Å²) >= 11 is 0. The Labute approximate surface area is 212 Å². The fraction of sp³-hybridized carbons (Fsp3) is 0.939. The van der Waals surface area contributed by atoms with Gasteiger partial charge in [0.25, 0.3) is 0 Å². The van der Waals surface area contributed by atoms with Gasteiger partial charge in [0.2, 0.25) is 0 Å². The van der Waals surface area contributed by atoms with Gasteiger partial charge < -0.3 is 0 Å². The maximum Gasteiger partial charge on any atom is -0.0351 e. The summed E-state index contributed by atoms with van der Waals surface area (Å²) < 4.78 is 0. The van der Waals surface area contributed by atoms with Gasteiger partial charge >= 0.3 is 0 Å². The van der Waals surface area contributed by atoms with E-state index in [2.05, 4.69) is 26.0 Å². The highest BCUT2D eigenvalue weighted by molar-refractivity contribution is 4.81. The minimum Gasteiger partial charge on any atom is -0.0885 e.